The van der Waals surface area contributed by atoms with Crippen molar-refractivity contribution >= 4 is 29.2 Å². The van der Waals surface area contributed by atoms with Crippen molar-refractivity contribution in [3.05, 3.63) is 101 Å². The molecule has 0 radical (unpaired) electrons. The lowest BCUT2D eigenvalue weighted by molar-refractivity contribution is -0.135. The summed E-state index contributed by atoms with van der Waals surface area (Å²) in [5, 5.41) is 6.26. The lowest BCUT2D eigenvalue weighted by atomic mass is 9.90. The van der Waals surface area contributed by atoms with E-state index in [0.717, 1.165) is 24.8 Å². The van der Waals surface area contributed by atoms with Crippen LogP contribution in [0.4, 0.5) is 10.5 Å². The molecule has 4 rings (SSSR count). The Morgan fingerprint density at radius 1 is 0.939 bits per heavy atom. The monoisotopic (exact) mass is 461 g/mol. The van der Waals surface area contributed by atoms with Crippen LogP contribution in [0.25, 0.3) is 0 Å². The Morgan fingerprint density at radius 2 is 1.61 bits per heavy atom. The molecule has 3 aromatic carbocycles. The van der Waals surface area contributed by atoms with Crippen LogP contribution in [0.1, 0.15) is 30.0 Å². The molecule has 2 N–H and O–H groups in total. The zero-order valence-corrected chi connectivity index (χ0v) is 19.2. The van der Waals surface area contributed by atoms with Crippen molar-refractivity contribution < 1.29 is 9.59 Å². The Balaban J connectivity index is 1.46. The number of likely N-dealkylation sites (tertiary alicyclic amines) is 1. The first kappa shape index (κ1) is 22.9. The molecule has 0 bridgehead atoms. The molecule has 1 heterocycles. The minimum absolute atomic E-state index is 0.0785. The second-order valence-electron chi connectivity index (χ2n) is 8.43. The largest absolute Gasteiger partial charge is 0.340 e. The molecule has 2 unspecified atom stereocenters. The molecule has 1 saturated heterocycles. The second kappa shape index (κ2) is 11.0. The molecule has 5 nitrogen and oxygen atoms in total. The average Bonchev–Trinajstić information content (AvgIpc) is 2.85. The third-order valence-electron chi connectivity index (χ3n) is 5.96. The van der Waals surface area contributed by atoms with E-state index in [2.05, 4.69) is 34.9 Å². The molecule has 2 atom stereocenters. The highest BCUT2D eigenvalue weighted by atomic mass is 35.5. The highest BCUT2D eigenvalue weighted by molar-refractivity contribution is 6.30. The van der Waals surface area contributed by atoms with Crippen LogP contribution in [0, 0.1) is 5.92 Å². The number of amides is 3. The number of anilines is 1. The van der Waals surface area contributed by atoms with Crippen molar-refractivity contribution in [2.45, 2.75) is 25.3 Å². The van der Waals surface area contributed by atoms with Gasteiger partial charge in [-0.15, -0.1) is 0 Å². The van der Waals surface area contributed by atoms with Gasteiger partial charge in [0.1, 0.15) is 6.04 Å². The topological polar surface area (TPSA) is 61.4 Å². The van der Waals surface area contributed by atoms with E-state index in [4.69, 9.17) is 11.6 Å². The summed E-state index contributed by atoms with van der Waals surface area (Å²) in [6, 6.07) is 25.5. The van der Waals surface area contributed by atoms with Crippen LogP contribution in [0.5, 0.6) is 0 Å². The van der Waals surface area contributed by atoms with Gasteiger partial charge < -0.3 is 15.5 Å². The fourth-order valence-electron chi connectivity index (χ4n) is 4.33. The molecule has 3 aromatic rings. The number of hydrogen-bond donors (Lipinski definition) is 2. The number of hydrogen-bond acceptors (Lipinski definition) is 2. The van der Waals surface area contributed by atoms with Gasteiger partial charge in [-0.1, -0.05) is 72.3 Å². The smallest absolute Gasteiger partial charge is 0.320 e. The van der Waals surface area contributed by atoms with E-state index in [9.17, 15) is 9.59 Å². The maximum atomic E-state index is 13.6. The molecule has 1 aliphatic rings. The summed E-state index contributed by atoms with van der Waals surface area (Å²) in [6.07, 6.45) is 3.01. The lowest BCUT2D eigenvalue weighted by Gasteiger charge is -2.35. The van der Waals surface area contributed by atoms with Crippen LogP contribution in [-0.2, 0) is 11.2 Å². The van der Waals surface area contributed by atoms with Gasteiger partial charge in [-0.2, -0.15) is 0 Å². The first-order chi connectivity index (χ1) is 16.1. The van der Waals surface area contributed by atoms with Gasteiger partial charge >= 0.3 is 6.03 Å². The fraction of sp³-hybridized carbons (Fsp3) is 0.259. The van der Waals surface area contributed by atoms with Crippen LogP contribution in [0.15, 0.2) is 84.9 Å². The third-order valence-corrected chi connectivity index (χ3v) is 6.21. The molecule has 1 fully saturated rings. The van der Waals surface area contributed by atoms with Crippen LogP contribution in [0.3, 0.4) is 0 Å². The number of urea groups is 1. The Bertz CT molecular complexity index is 1060. The molecule has 0 aromatic heterocycles. The molecule has 3 amide bonds. The van der Waals surface area contributed by atoms with Crippen LogP contribution >= 0.6 is 11.6 Å². The standard InChI is InChI=1S/C27H28ClN3O2/c28-23-13-15-24(16-14-23)29-27(33)30-25(22-11-5-2-6-12-22)26(32)31-17-7-10-21(19-31)18-20-8-3-1-4-9-20/h1-6,8-9,11-16,21,25H,7,10,17-19H2,(H2,29,30,33). The van der Waals surface area contributed by atoms with Gasteiger partial charge in [-0.3, -0.25) is 4.79 Å². The Labute approximate surface area is 199 Å². The Kier molecular flexibility index (Phi) is 7.63. The fourth-order valence-corrected chi connectivity index (χ4v) is 4.45. The number of carbonyl (C=O) groups is 2. The molecule has 6 heteroatoms. The first-order valence-electron chi connectivity index (χ1n) is 11.3. The number of nitrogens with zero attached hydrogens (tertiary/aromatic N) is 1. The predicted octanol–water partition coefficient (Wildman–Crippen LogP) is 5.68. The Hall–Kier alpha value is -3.31. The van der Waals surface area contributed by atoms with Crippen molar-refractivity contribution in [1.29, 1.82) is 0 Å². The number of benzene rings is 3. The van der Waals surface area contributed by atoms with Crippen molar-refractivity contribution in [1.82, 2.24) is 10.2 Å². The molecule has 1 aliphatic heterocycles. The highest BCUT2D eigenvalue weighted by Gasteiger charge is 2.31. The van der Waals surface area contributed by atoms with Gasteiger partial charge in [0.2, 0.25) is 5.91 Å². The molecule has 0 saturated carbocycles. The minimum atomic E-state index is -0.756. The maximum absolute atomic E-state index is 13.6. The van der Waals surface area contributed by atoms with E-state index in [0.29, 0.717) is 29.7 Å². The predicted molar refractivity (Wildman–Crippen MR) is 132 cm³/mol. The molecular weight excluding hydrogens is 434 g/mol. The van der Waals surface area contributed by atoms with E-state index < -0.39 is 12.1 Å². The normalized spacial score (nSPS) is 16.6. The summed E-state index contributed by atoms with van der Waals surface area (Å²) in [4.78, 5) is 28.2. The number of piperidine rings is 1. The van der Waals surface area contributed by atoms with E-state index in [1.165, 1.54) is 5.56 Å². The number of nitrogens with one attached hydrogen (secondary N) is 2. The first-order valence-corrected chi connectivity index (χ1v) is 11.7. The van der Waals surface area contributed by atoms with Crippen LogP contribution in [0.2, 0.25) is 5.02 Å². The van der Waals surface area contributed by atoms with Crippen molar-refractivity contribution in [2.24, 2.45) is 5.92 Å². The SMILES string of the molecule is O=C(Nc1ccc(Cl)cc1)NC(C(=O)N1CCCC(Cc2ccccc2)C1)c1ccccc1. The molecular formula is C27H28ClN3O2. The quantitative estimate of drug-likeness (QED) is 0.495. The van der Waals surface area contributed by atoms with Crippen molar-refractivity contribution in [2.75, 3.05) is 18.4 Å². The summed E-state index contributed by atoms with van der Waals surface area (Å²) in [5.41, 5.74) is 2.66. The highest BCUT2D eigenvalue weighted by Crippen LogP contribution is 2.25. The van der Waals surface area contributed by atoms with Gasteiger partial charge in [0, 0.05) is 23.8 Å². The van der Waals surface area contributed by atoms with Crippen LogP contribution < -0.4 is 10.6 Å². The number of carbonyl (C=O) groups excluding carboxylic acids is 2. The summed E-state index contributed by atoms with van der Waals surface area (Å²) < 4.78 is 0. The zero-order chi connectivity index (χ0) is 23.0. The minimum Gasteiger partial charge on any atom is -0.340 e. The van der Waals surface area contributed by atoms with E-state index >= 15 is 0 Å². The maximum Gasteiger partial charge on any atom is 0.320 e. The summed E-state index contributed by atoms with van der Waals surface area (Å²) in [7, 11) is 0. The van der Waals surface area contributed by atoms with Gasteiger partial charge in [-0.05, 0) is 60.6 Å². The molecule has 170 valence electrons. The van der Waals surface area contributed by atoms with Crippen LogP contribution in [-0.4, -0.2) is 29.9 Å². The van der Waals surface area contributed by atoms with E-state index in [-0.39, 0.29) is 5.91 Å². The van der Waals surface area contributed by atoms with E-state index in [1.807, 2.05) is 41.3 Å². The molecule has 0 aliphatic carbocycles. The van der Waals surface area contributed by atoms with Gasteiger partial charge in [0.25, 0.3) is 0 Å². The third kappa shape index (κ3) is 6.36. The van der Waals surface area contributed by atoms with Gasteiger partial charge in [0.05, 0.1) is 0 Å². The average molecular weight is 462 g/mol. The summed E-state index contributed by atoms with van der Waals surface area (Å²) in [6.45, 7) is 1.39. The summed E-state index contributed by atoms with van der Waals surface area (Å²) >= 11 is 5.92. The van der Waals surface area contributed by atoms with Crippen molar-refractivity contribution in [3.8, 4) is 0 Å². The van der Waals surface area contributed by atoms with Crippen molar-refractivity contribution in [3.63, 3.8) is 0 Å². The molecule has 0 spiro atoms. The molecule has 33 heavy (non-hydrogen) atoms. The number of halogens is 1. The zero-order valence-electron chi connectivity index (χ0n) is 18.4. The van der Waals surface area contributed by atoms with E-state index in [1.54, 1.807) is 24.3 Å². The number of rotatable bonds is 6. The van der Waals surface area contributed by atoms with Gasteiger partial charge in [0.15, 0.2) is 0 Å². The van der Waals surface area contributed by atoms with Gasteiger partial charge in [-0.25, -0.2) is 4.79 Å². The summed E-state index contributed by atoms with van der Waals surface area (Å²) in [5.74, 6) is 0.328. The lowest BCUT2D eigenvalue weighted by Crippen LogP contribution is -2.48. The Morgan fingerprint density at radius 3 is 2.30 bits per heavy atom. The second-order valence-corrected chi connectivity index (χ2v) is 8.87.